The number of hydrogen-bond acceptors (Lipinski definition) is 2. The molecule has 2 fully saturated rings. The fraction of sp³-hybridized carbons (Fsp3) is 0.875. The summed E-state index contributed by atoms with van der Waals surface area (Å²) in [6, 6.07) is 0. The summed E-state index contributed by atoms with van der Waals surface area (Å²) in [6.45, 7) is 7.90. The number of amides is 2. The van der Waals surface area contributed by atoms with Gasteiger partial charge >= 0.3 is 0 Å². The number of carbonyl (C=O) groups is 2. The molecule has 0 aromatic carbocycles. The second-order valence-electron chi connectivity index (χ2n) is 7.54. The van der Waals surface area contributed by atoms with Crippen LogP contribution in [0.3, 0.4) is 0 Å². The van der Waals surface area contributed by atoms with Crippen LogP contribution in [-0.4, -0.2) is 35.3 Å². The Morgan fingerprint density at radius 2 is 1.80 bits per heavy atom. The van der Waals surface area contributed by atoms with E-state index >= 15 is 0 Å². The first-order valence-electron chi connectivity index (χ1n) is 7.93. The van der Waals surface area contributed by atoms with Crippen LogP contribution in [-0.2, 0) is 9.59 Å². The molecule has 0 atom stereocenters. The van der Waals surface area contributed by atoms with E-state index in [0.29, 0.717) is 13.0 Å². The minimum Gasteiger partial charge on any atom is -0.342 e. The van der Waals surface area contributed by atoms with E-state index in [2.05, 4.69) is 26.1 Å². The summed E-state index contributed by atoms with van der Waals surface area (Å²) in [5.41, 5.74) is -0.381. The van der Waals surface area contributed by atoms with Crippen molar-refractivity contribution in [2.45, 2.75) is 71.3 Å². The van der Waals surface area contributed by atoms with Crippen LogP contribution in [0.15, 0.2) is 0 Å². The average Bonchev–Trinajstić information content (AvgIpc) is 2.47. The minimum atomic E-state index is -0.594. The van der Waals surface area contributed by atoms with E-state index in [4.69, 9.17) is 0 Å². The number of nitrogens with one attached hydrogen (secondary N) is 1. The summed E-state index contributed by atoms with van der Waals surface area (Å²) in [4.78, 5) is 26.8. The quantitative estimate of drug-likeness (QED) is 0.845. The van der Waals surface area contributed by atoms with Gasteiger partial charge in [-0.3, -0.25) is 9.59 Å². The maximum Gasteiger partial charge on any atom is 0.248 e. The van der Waals surface area contributed by atoms with Gasteiger partial charge in [0.2, 0.25) is 11.8 Å². The van der Waals surface area contributed by atoms with Crippen LogP contribution in [0.5, 0.6) is 0 Å². The maximum atomic E-state index is 12.9. The molecule has 1 saturated heterocycles. The van der Waals surface area contributed by atoms with E-state index in [1.165, 1.54) is 6.42 Å². The molecule has 1 saturated carbocycles. The standard InChI is InChI=1S/C16H28N2O2/c1-15(2,3)10-12-18-11-7-13(19)17-16(14(18)20)8-5-4-6-9-16/h4-12H2,1-3H3,(H,17,19). The zero-order chi connectivity index (χ0) is 14.8. The normalized spacial score (nSPS) is 23.6. The van der Waals surface area contributed by atoms with Crippen molar-refractivity contribution >= 4 is 11.8 Å². The Labute approximate surface area is 122 Å². The van der Waals surface area contributed by atoms with Gasteiger partial charge in [0, 0.05) is 19.5 Å². The van der Waals surface area contributed by atoms with Crippen molar-refractivity contribution in [1.82, 2.24) is 10.2 Å². The Morgan fingerprint density at radius 3 is 2.40 bits per heavy atom. The predicted octanol–water partition coefficient (Wildman–Crippen LogP) is 2.47. The summed E-state index contributed by atoms with van der Waals surface area (Å²) in [5.74, 6) is 0.200. The van der Waals surface area contributed by atoms with E-state index in [1.54, 1.807) is 0 Å². The van der Waals surface area contributed by atoms with Crippen LogP contribution in [0, 0.1) is 5.41 Å². The molecule has 20 heavy (non-hydrogen) atoms. The number of hydrogen-bond donors (Lipinski definition) is 1. The van der Waals surface area contributed by atoms with Gasteiger partial charge in [0.1, 0.15) is 5.54 Å². The molecular formula is C16H28N2O2. The van der Waals surface area contributed by atoms with Gasteiger partial charge in [0.25, 0.3) is 0 Å². The maximum absolute atomic E-state index is 12.9. The number of carbonyl (C=O) groups excluding carboxylic acids is 2. The highest BCUT2D eigenvalue weighted by molar-refractivity contribution is 5.93. The van der Waals surface area contributed by atoms with Crippen molar-refractivity contribution in [2.24, 2.45) is 5.41 Å². The summed E-state index contributed by atoms with van der Waals surface area (Å²) >= 11 is 0. The van der Waals surface area contributed by atoms with E-state index in [0.717, 1.165) is 38.6 Å². The molecule has 0 aromatic heterocycles. The van der Waals surface area contributed by atoms with Crippen molar-refractivity contribution in [3.8, 4) is 0 Å². The molecule has 2 aliphatic rings. The lowest BCUT2D eigenvalue weighted by Gasteiger charge is -2.38. The van der Waals surface area contributed by atoms with Crippen LogP contribution in [0.4, 0.5) is 0 Å². The van der Waals surface area contributed by atoms with Crippen molar-refractivity contribution in [3.63, 3.8) is 0 Å². The third kappa shape index (κ3) is 3.53. The molecule has 2 rings (SSSR count). The highest BCUT2D eigenvalue weighted by atomic mass is 16.2. The molecule has 1 heterocycles. The number of rotatable bonds is 2. The molecule has 0 unspecified atom stereocenters. The van der Waals surface area contributed by atoms with Crippen molar-refractivity contribution in [3.05, 3.63) is 0 Å². The minimum absolute atomic E-state index is 0.0403. The van der Waals surface area contributed by atoms with Crippen LogP contribution in [0.25, 0.3) is 0 Å². The van der Waals surface area contributed by atoms with Crippen LogP contribution < -0.4 is 5.32 Å². The average molecular weight is 280 g/mol. The van der Waals surface area contributed by atoms with Crippen molar-refractivity contribution in [1.29, 1.82) is 0 Å². The molecule has 1 N–H and O–H groups in total. The van der Waals surface area contributed by atoms with Gasteiger partial charge in [0.05, 0.1) is 0 Å². The Balaban J connectivity index is 2.12. The molecule has 4 nitrogen and oxygen atoms in total. The van der Waals surface area contributed by atoms with Gasteiger partial charge in [-0.1, -0.05) is 40.0 Å². The Hall–Kier alpha value is -1.06. The molecule has 1 aliphatic heterocycles. The van der Waals surface area contributed by atoms with E-state index in [-0.39, 0.29) is 17.2 Å². The monoisotopic (exact) mass is 280 g/mol. The molecule has 4 heteroatoms. The molecular weight excluding hydrogens is 252 g/mol. The van der Waals surface area contributed by atoms with Crippen LogP contribution in [0.1, 0.15) is 65.7 Å². The fourth-order valence-electron chi connectivity index (χ4n) is 3.20. The van der Waals surface area contributed by atoms with Crippen molar-refractivity contribution < 1.29 is 9.59 Å². The first kappa shape index (κ1) is 15.3. The van der Waals surface area contributed by atoms with Gasteiger partial charge in [-0.25, -0.2) is 0 Å². The van der Waals surface area contributed by atoms with Crippen LogP contribution >= 0.6 is 0 Å². The van der Waals surface area contributed by atoms with Gasteiger partial charge in [0.15, 0.2) is 0 Å². The third-order valence-corrected chi connectivity index (χ3v) is 4.52. The molecule has 1 spiro atoms. The summed E-state index contributed by atoms with van der Waals surface area (Å²) in [6.07, 6.45) is 6.29. The van der Waals surface area contributed by atoms with Gasteiger partial charge in [-0.05, 0) is 24.7 Å². The van der Waals surface area contributed by atoms with E-state index in [9.17, 15) is 9.59 Å². The highest BCUT2D eigenvalue weighted by Gasteiger charge is 2.44. The first-order valence-corrected chi connectivity index (χ1v) is 7.93. The Morgan fingerprint density at radius 1 is 1.15 bits per heavy atom. The summed E-state index contributed by atoms with van der Waals surface area (Å²) < 4.78 is 0. The van der Waals surface area contributed by atoms with Gasteiger partial charge < -0.3 is 10.2 Å². The first-order chi connectivity index (χ1) is 9.32. The zero-order valence-corrected chi connectivity index (χ0v) is 13.1. The topological polar surface area (TPSA) is 49.4 Å². The fourth-order valence-corrected chi connectivity index (χ4v) is 3.20. The second-order valence-corrected chi connectivity index (χ2v) is 7.54. The largest absolute Gasteiger partial charge is 0.342 e. The molecule has 0 bridgehead atoms. The Bertz CT molecular complexity index is 378. The number of nitrogens with zero attached hydrogens (tertiary/aromatic N) is 1. The smallest absolute Gasteiger partial charge is 0.248 e. The second kappa shape index (κ2) is 5.74. The Kier molecular flexibility index (Phi) is 4.40. The molecule has 114 valence electrons. The lowest BCUT2D eigenvalue weighted by Crippen LogP contribution is -2.58. The molecule has 2 amide bonds. The van der Waals surface area contributed by atoms with Gasteiger partial charge in [-0.2, -0.15) is 0 Å². The molecule has 0 aromatic rings. The molecule has 1 aliphatic carbocycles. The zero-order valence-electron chi connectivity index (χ0n) is 13.1. The van der Waals surface area contributed by atoms with E-state index < -0.39 is 5.54 Å². The SMILES string of the molecule is CC(C)(C)CCN1CCC(=O)NC2(CCCCC2)C1=O. The van der Waals surface area contributed by atoms with Gasteiger partial charge in [-0.15, -0.1) is 0 Å². The van der Waals surface area contributed by atoms with E-state index in [1.807, 2.05) is 4.90 Å². The predicted molar refractivity (Wildman–Crippen MR) is 79.2 cm³/mol. The summed E-state index contributed by atoms with van der Waals surface area (Å²) in [5, 5.41) is 3.04. The van der Waals surface area contributed by atoms with Crippen molar-refractivity contribution in [2.75, 3.05) is 13.1 Å². The highest BCUT2D eigenvalue weighted by Crippen LogP contribution is 2.32. The lowest BCUT2D eigenvalue weighted by atomic mass is 9.80. The third-order valence-electron chi connectivity index (χ3n) is 4.52. The lowest BCUT2D eigenvalue weighted by molar-refractivity contribution is -0.140. The van der Waals surface area contributed by atoms with Crippen LogP contribution in [0.2, 0.25) is 0 Å². The molecule has 0 radical (unpaired) electrons. The summed E-state index contributed by atoms with van der Waals surface area (Å²) in [7, 11) is 0.